The van der Waals surface area contributed by atoms with Crippen LogP contribution in [0.5, 0.6) is 5.75 Å². The van der Waals surface area contributed by atoms with E-state index in [4.69, 9.17) is 4.74 Å². The van der Waals surface area contributed by atoms with Gasteiger partial charge in [-0.25, -0.2) is 0 Å². The molecule has 5 nitrogen and oxygen atoms in total. The molecule has 0 radical (unpaired) electrons. The molecule has 25 heavy (non-hydrogen) atoms. The van der Waals surface area contributed by atoms with Crippen LogP contribution in [0, 0.1) is 0 Å². The topological polar surface area (TPSA) is 58.6 Å². The van der Waals surface area contributed by atoms with Crippen molar-refractivity contribution in [2.75, 3.05) is 19.4 Å². The maximum Gasteiger partial charge on any atom is 0.255 e. The zero-order valence-corrected chi connectivity index (χ0v) is 16.3. The summed E-state index contributed by atoms with van der Waals surface area (Å²) in [5, 5.41) is 2.82. The molecular formula is C19H21BrN2O3. The number of benzene rings is 2. The molecule has 0 saturated carbocycles. The highest BCUT2D eigenvalue weighted by molar-refractivity contribution is 9.10. The van der Waals surface area contributed by atoms with Gasteiger partial charge in [0.1, 0.15) is 5.75 Å². The van der Waals surface area contributed by atoms with E-state index in [1.54, 1.807) is 56.6 Å². The predicted molar refractivity (Wildman–Crippen MR) is 102 cm³/mol. The number of amides is 2. The molecule has 0 saturated heterocycles. The van der Waals surface area contributed by atoms with Gasteiger partial charge in [0.25, 0.3) is 11.8 Å². The molecule has 0 heterocycles. The van der Waals surface area contributed by atoms with Gasteiger partial charge in [0.15, 0.2) is 0 Å². The van der Waals surface area contributed by atoms with Gasteiger partial charge < -0.3 is 15.0 Å². The first-order valence-electron chi connectivity index (χ1n) is 7.87. The summed E-state index contributed by atoms with van der Waals surface area (Å²) in [6, 6.07) is 12.0. The quantitative estimate of drug-likeness (QED) is 0.812. The average molecular weight is 405 g/mol. The lowest BCUT2D eigenvalue weighted by Crippen LogP contribution is -2.21. The van der Waals surface area contributed by atoms with Gasteiger partial charge in [0.05, 0.1) is 10.6 Å². The van der Waals surface area contributed by atoms with Crippen molar-refractivity contribution in [3.8, 4) is 5.75 Å². The number of nitrogens with zero attached hydrogens (tertiary/aromatic N) is 1. The van der Waals surface area contributed by atoms with E-state index in [1.807, 2.05) is 13.8 Å². The maximum absolute atomic E-state index is 12.4. The lowest BCUT2D eigenvalue weighted by molar-refractivity contribution is 0.0827. The summed E-state index contributed by atoms with van der Waals surface area (Å²) >= 11 is 3.42. The molecule has 0 aliphatic carbocycles. The largest absolute Gasteiger partial charge is 0.490 e. The molecule has 2 aromatic carbocycles. The molecule has 6 heteroatoms. The Labute approximate surface area is 156 Å². The summed E-state index contributed by atoms with van der Waals surface area (Å²) < 4.78 is 6.36. The molecule has 0 spiro atoms. The number of carbonyl (C=O) groups excluding carboxylic acids is 2. The molecule has 0 aromatic heterocycles. The lowest BCUT2D eigenvalue weighted by Gasteiger charge is -2.13. The van der Waals surface area contributed by atoms with E-state index in [0.717, 1.165) is 4.47 Å². The van der Waals surface area contributed by atoms with Crippen molar-refractivity contribution in [1.82, 2.24) is 4.90 Å². The number of ether oxygens (including phenoxy) is 1. The Morgan fingerprint density at radius 2 is 1.64 bits per heavy atom. The molecule has 0 fully saturated rings. The van der Waals surface area contributed by atoms with Gasteiger partial charge in [-0.1, -0.05) is 0 Å². The van der Waals surface area contributed by atoms with Crippen LogP contribution >= 0.6 is 15.9 Å². The summed E-state index contributed by atoms with van der Waals surface area (Å²) in [5.74, 6) is 0.379. The van der Waals surface area contributed by atoms with Crippen LogP contribution < -0.4 is 10.1 Å². The SMILES string of the molecule is CC(C)Oc1ccc(C(=O)Nc2ccc(C(=O)N(C)C)cc2)cc1Br. The molecule has 0 bridgehead atoms. The first kappa shape index (κ1) is 19.0. The van der Waals surface area contributed by atoms with Crippen LogP contribution in [0.1, 0.15) is 34.6 Å². The van der Waals surface area contributed by atoms with Crippen LogP contribution in [0.4, 0.5) is 5.69 Å². The minimum Gasteiger partial charge on any atom is -0.490 e. The third kappa shape index (κ3) is 5.06. The molecule has 2 rings (SSSR count). The second-order valence-corrected chi connectivity index (χ2v) is 6.90. The Hall–Kier alpha value is -2.34. The number of hydrogen-bond donors (Lipinski definition) is 1. The Kier molecular flexibility index (Phi) is 6.20. The molecule has 0 unspecified atom stereocenters. The first-order valence-corrected chi connectivity index (χ1v) is 8.66. The fraction of sp³-hybridized carbons (Fsp3) is 0.263. The van der Waals surface area contributed by atoms with Gasteiger partial charge in [-0.3, -0.25) is 9.59 Å². The van der Waals surface area contributed by atoms with Gasteiger partial charge in [-0.15, -0.1) is 0 Å². The highest BCUT2D eigenvalue weighted by Crippen LogP contribution is 2.27. The lowest BCUT2D eigenvalue weighted by atomic mass is 10.1. The van der Waals surface area contributed by atoms with E-state index in [9.17, 15) is 9.59 Å². The number of anilines is 1. The molecule has 2 amide bonds. The van der Waals surface area contributed by atoms with E-state index < -0.39 is 0 Å². The van der Waals surface area contributed by atoms with Crippen molar-refractivity contribution in [3.05, 3.63) is 58.1 Å². The van der Waals surface area contributed by atoms with Crippen molar-refractivity contribution in [2.24, 2.45) is 0 Å². The highest BCUT2D eigenvalue weighted by atomic mass is 79.9. The number of hydrogen-bond acceptors (Lipinski definition) is 3. The van der Waals surface area contributed by atoms with Crippen LogP contribution in [0.25, 0.3) is 0 Å². The third-order valence-corrected chi connectivity index (χ3v) is 3.97. The van der Waals surface area contributed by atoms with Gasteiger partial charge in [0.2, 0.25) is 0 Å². The number of nitrogens with one attached hydrogen (secondary N) is 1. The van der Waals surface area contributed by atoms with Crippen molar-refractivity contribution in [1.29, 1.82) is 0 Å². The van der Waals surface area contributed by atoms with Gasteiger partial charge in [0, 0.05) is 30.9 Å². The Morgan fingerprint density at radius 1 is 1.04 bits per heavy atom. The smallest absolute Gasteiger partial charge is 0.255 e. The fourth-order valence-electron chi connectivity index (χ4n) is 2.15. The Morgan fingerprint density at radius 3 is 2.16 bits per heavy atom. The zero-order chi connectivity index (χ0) is 18.6. The minimum atomic E-state index is -0.233. The molecular weight excluding hydrogens is 384 g/mol. The minimum absolute atomic E-state index is 0.0550. The van der Waals surface area contributed by atoms with Crippen molar-refractivity contribution >= 4 is 33.4 Å². The summed E-state index contributed by atoms with van der Waals surface area (Å²) in [6.07, 6.45) is 0.0550. The van der Waals surface area contributed by atoms with Gasteiger partial charge >= 0.3 is 0 Å². The third-order valence-electron chi connectivity index (χ3n) is 3.35. The second kappa shape index (κ2) is 8.16. The summed E-state index contributed by atoms with van der Waals surface area (Å²) in [4.78, 5) is 25.8. The molecule has 132 valence electrons. The summed E-state index contributed by atoms with van der Waals surface area (Å²) in [6.45, 7) is 3.88. The van der Waals surface area contributed by atoms with Crippen LogP contribution in [0.3, 0.4) is 0 Å². The molecule has 0 atom stereocenters. The fourth-order valence-corrected chi connectivity index (χ4v) is 2.62. The van der Waals surface area contributed by atoms with Gasteiger partial charge in [-0.05, 0) is 72.2 Å². The average Bonchev–Trinajstić information content (AvgIpc) is 2.56. The van der Waals surface area contributed by atoms with Crippen LogP contribution in [-0.4, -0.2) is 36.9 Å². The normalized spacial score (nSPS) is 10.5. The highest BCUT2D eigenvalue weighted by Gasteiger charge is 2.12. The monoisotopic (exact) mass is 404 g/mol. The van der Waals surface area contributed by atoms with E-state index >= 15 is 0 Å². The number of rotatable bonds is 5. The summed E-state index contributed by atoms with van der Waals surface area (Å²) in [7, 11) is 3.39. The number of halogens is 1. The molecule has 1 N–H and O–H groups in total. The van der Waals surface area contributed by atoms with E-state index in [1.165, 1.54) is 4.90 Å². The van der Waals surface area contributed by atoms with Crippen LogP contribution in [-0.2, 0) is 0 Å². The second-order valence-electron chi connectivity index (χ2n) is 6.04. The standard InChI is InChI=1S/C19H21BrN2O3/c1-12(2)25-17-10-7-14(11-16(17)20)18(23)21-15-8-5-13(6-9-15)19(24)22(3)4/h5-12H,1-4H3,(H,21,23). The molecule has 0 aliphatic rings. The van der Waals surface area contributed by atoms with Crippen LogP contribution in [0.2, 0.25) is 0 Å². The summed E-state index contributed by atoms with van der Waals surface area (Å²) in [5.41, 5.74) is 1.70. The number of carbonyl (C=O) groups is 2. The predicted octanol–water partition coefficient (Wildman–Crippen LogP) is 4.19. The molecule has 2 aromatic rings. The Balaban J connectivity index is 2.09. The first-order chi connectivity index (χ1) is 11.8. The van der Waals surface area contributed by atoms with Gasteiger partial charge in [-0.2, -0.15) is 0 Å². The van der Waals surface area contributed by atoms with Crippen molar-refractivity contribution < 1.29 is 14.3 Å². The van der Waals surface area contributed by atoms with Crippen molar-refractivity contribution in [3.63, 3.8) is 0 Å². The van der Waals surface area contributed by atoms with E-state index in [2.05, 4.69) is 21.2 Å². The van der Waals surface area contributed by atoms with E-state index in [-0.39, 0.29) is 17.9 Å². The van der Waals surface area contributed by atoms with E-state index in [0.29, 0.717) is 22.6 Å². The van der Waals surface area contributed by atoms with Crippen LogP contribution in [0.15, 0.2) is 46.9 Å². The molecule has 0 aliphatic heterocycles. The zero-order valence-electron chi connectivity index (χ0n) is 14.7. The Bertz CT molecular complexity index is 771. The maximum atomic E-state index is 12.4. The van der Waals surface area contributed by atoms with Crippen molar-refractivity contribution in [2.45, 2.75) is 20.0 Å².